The second-order valence-electron chi connectivity index (χ2n) is 7.43. The summed E-state index contributed by atoms with van der Waals surface area (Å²) in [5, 5.41) is 9.98. The number of benzene rings is 1. The molecule has 2 fully saturated rings. The van der Waals surface area contributed by atoms with Crippen LogP contribution in [0.5, 0.6) is 5.75 Å². The second-order valence-corrected chi connectivity index (χ2v) is 8.59. The molecule has 2 saturated carbocycles. The second kappa shape index (κ2) is 5.22. The Bertz CT molecular complexity index is 639. The molecule has 0 heterocycles. The van der Waals surface area contributed by atoms with Crippen molar-refractivity contribution in [1.82, 2.24) is 0 Å². The molecule has 2 nitrogen and oxygen atoms in total. The molecule has 0 aliphatic heterocycles. The number of hydrogen-bond acceptors (Lipinski definition) is 2. The van der Waals surface area contributed by atoms with Gasteiger partial charge in [0.2, 0.25) is 0 Å². The first-order chi connectivity index (χ1) is 10.6. The van der Waals surface area contributed by atoms with Crippen molar-refractivity contribution in [3.63, 3.8) is 0 Å². The lowest BCUT2D eigenvalue weighted by atomic mass is 9.54. The molecule has 3 aliphatic rings. The van der Waals surface area contributed by atoms with Gasteiger partial charge in [0.05, 0.1) is 3.57 Å². The minimum atomic E-state index is 0.00272. The van der Waals surface area contributed by atoms with Crippen molar-refractivity contribution in [2.75, 3.05) is 0 Å². The Morgan fingerprint density at radius 2 is 2.09 bits per heavy atom. The monoisotopic (exact) mass is 410 g/mol. The maximum absolute atomic E-state index is 12.5. The Balaban J connectivity index is 1.74. The Kier molecular flexibility index (Phi) is 3.55. The lowest BCUT2D eigenvalue weighted by Crippen LogP contribution is -2.44. The third kappa shape index (κ3) is 1.93. The largest absolute Gasteiger partial charge is 0.507 e. The van der Waals surface area contributed by atoms with Crippen LogP contribution in [0.1, 0.15) is 62.5 Å². The number of aryl methyl sites for hydroxylation is 1. The van der Waals surface area contributed by atoms with E-state index in [-0.39, 0.29) is 5.41 Å². The number of halogens is 1. The Morgan fingerprint density at radius 3 is 2.86 bits per heavy atom. The fraction of sp³-hybridized carbons (Fsp3) is 0.632. The number of phenols is 1. The highest BCUT2D eigenvalue weighted by molar-refractivity contribution is 14.1. The molecule has 3 heteroatoms. The number of phenolic OH excluding ortho intramolecular Hbond substituents is 1. The molecule has 0 saturated heterocycles. The third-order valence-electron chi connectivity index (χ3n) is 6.87. The number of ketones is 1. The highest BCUT2D eigenvalue weighted by atomic mass is 127. The van der Waals surface area contributed by atoms with E-state index in [1.54, 1.807) is 0 Å². The lowest BCUT2D eigenvalue weighted by molar-refractivity contribution is -0.131. The summed E-state index contributed by atoms with van der Waals surface area (Å²) in [6.45, 7) is 2.22. The Labute approximate surface area is 145 Å². The summed E-state index contributed by atoms with van der Waals surface area (Å²) in [7, 11) is 0. The molecule has 0 aromatic heterocycles. The minimum absolute atomic E-state index is 0.00272. The molecule has 1 aromatic carbocycles. The maximum Gasteiger partial charge on any atom is 0.139 e. The first-order valence-corrected chi connectivity index (χ1v) is 9.69. The van der Waals surface area contributed by atoms with Crippen LogP contribution in [-0.2, 0) is 11.2 Å². The van der Waals surface area contributed by atoms with E-state index in [4.69, 9.17) is 0 Å². The van der Waals surface area contributed by atoms with E-state index in [0.29, 0.717) is 29.3 Å². The van der Waals surface area contributed by atoms with Crippen LogP contribution in [0.4, 0.5) is 0 Å². The number of aromatic hydroxyl groups is 1. The van der Waals surface area contributed by atoms with Crippen molar-refractivity contribution in [3.05, 3.63) is 26.8 Å². The summed E-state index contributed by atoms with van der Waals surface area (Å²) < 4.78 is 0.965. The molecule has 0 bridgehead atoms. The zero-order chi connectivity index (χ0) is 15.5. The van der Waals surface area contributed by atoms with Crippen LogP contribution in [0.2, 0.25) is 0 Å². The molecular formula is C19H23IO2. The van der Waals surface area contributed by atoms with Gasteiger partial charge in [0.1, 0.15) is 11.5 Å². The van der Waals surface area contributed by atoms with E-state index in [0.717, 1.165) is 42.1 Å². The molecule has 1 N–H and O–H groups in total. The van der Waals surface area contributed by atoms with Gasteiger partial charge in [0.25, 0.3) is 0 Å². The van der Waals surface area contributed by atoms with Gasteiger partial charge >= 0.3 is 0 Å². The van der Waals surface area contributed by atoms with Crippen LogP contribution in [0.3, 0.4) is 0 Å². The van der Waals surface area contributed by atoms with E-state index in [1.807, 2.05) is 6.07 Å². The van der Waals surface area contributed by atoms with Crippen LogP contribution >= 0.6 is 22.6 Å². The van der Waals surface area contributed by atoms with E-state index in [2.05, 4.69) is 35.6 Å². The molecule has 3 unspecified atom stereocenters. The van der Waals surface area contributed by atoms with Crippen molar-refractivity contribution >= 4 is 28.4 Å². The molecule has 4 atom stereocenters. The number of rotatable bonds is 1. The molecule has 1 aromatic rings. The summed E-state index contributed by atoms with van der Waals surface area (Å²) in [6, 6.07) is 4.19. The molecule has 22 heavy (non-hydrogen) atoms. The van der Waals surface area contributed by atoms with Crippen LogP contribution in [0.15, 0.2) is 12.1 Å². The van der Waals surface area contributed by atoms with Crippen molar-refractivity contribution in [2.24, 2.45) is 17.3 Å². The number of carbonyl (C=O) groups excluding carboxylic acids is 1. The first-order valence-electron chi connectivity index (χ1n) is 8.61. The van der Waals surface area contributed by atoms with Crippen molar-refractivity contribution in [3.8, 4) is 5.75 Å². The van der Waals surface area contributed by atoms with E-state index in [1.165, 1.54) is 17.5 Å². The summed E-state index contributed by atoms with van der Waals surface area (Å²) in [6.07, 6.45) is 7.42. The first kappa shape index (κ1) is 15.0. The molecule has 4 rings (SSSR count). The van der Waals surface area contributed by atoms with Gasteiger partial charge in [-0.1, -0.05) is 6.92 Å². The standard InChI is InChI=1S/C19H23IO2/c1-2-19-8-7-12-13(15(19)5-6-18(19)22)4-3-11-9-17(21)16(20)10-14(11)12/h9-10,12-13,15,21H,2-8H2,1H3/t12?,13?,15?,19-/m0/s1. The Morgan fingerprint density at radius 1 is 1.27 bits per heavy atom. The van der Waals surface area contributed by atoms with Gasteiger partial charge in [-0.2, -0.15) is 0 Å². The normalized spacial score (nSPS) is 36.6. The van der Waals surface area contributed by atoms with Crippen LogP contribution in [-0.4, -0.2) is 10.9 Å². The average molecular weight is 410 g/mol. The van der Waals surface area contributed by atoms with Crippen LogP contribution in [0, 0.1) is 20.8 Å². The summed E-state index contributed by atoms with van der Waals surface area (Å²) in [4.78, 5) is 12.5. The van der Waals surface area contributed by atoms with Gasteiger partial charge in [-0.25, -0.2) is 0 Å². The van der Waals surface area contributed by atoms with Crippen molar-refractivity contribution in [1.29, 1.82) is 0 Å². The van der Waals surface area contributed by atoms with E-state index >= 15 is 0 Å². The van der Waals surface area contributed by atoms with Gasteiger partial charge in [-0.3, -0.25) is 4.79 Å². The van der Waals surface area contributed by atoms with Gasteiger partial charge in [0, 0.05) is 11.8 Å². The number of fused-ring (bicyclic) bond motifs is 5. The maximum atomic E-state index is 12.5. The van der Waals surface area contributed by atoms with E-state index < -0.39 is 0 Å². The summed E-state index contributed by atoms with van der Waals surface area (Å²) in [5.41, 5.74) is 2.80. The summed E-state index contributed by atoms with van der Waals surface area (Å²) >= 11 is 2.23. The highest BCUT2D eigenvalue weighted by Gasteiger charge is 2.56. The summed E-state index contributed by atoms with van der Waals surface area (Å²) in [5.74, 6) is 2.85. The zero-order valence-electron chi connectivity index (χ0n) is 13.1. The van der Waals surface area contributed by atoms with Gasteiger partial charge in [-0.15, -0.1) is 0 Å². The minimum Gasteiger partial charge on any atom is -0.507 e. The van der Waals surface area contributed by atoms with Crippen molar-refractivity contribution in [2.45, 2.75) is 57.8 Å². The number of Topliss-reactive ketones (excluding diaryl/α,β-unsaturated/α-hetero) is 1. The smallest absolute Gasteiger partial charge is 0.139 e. The van der Waals surface area contributed by atoms with E-state index in [9.17, 15) is 9.90 Å². The third-order valence-corrected chi connectivity index (χ3v) is 7.73. The fourth-order valence-electron chi connectivity index (χ4n) is 5.80. The molecular weight excluding hydrogens is 387 g/mol. The topological polar surface area (TPSA) is 37.3 Å². The number of hydrogen-bond donors (Lipinski definition) is 1. The van der Waals surface area contributed by atoms with Gasteiger partial charge < -0.3 is 5.11 Å². The Hall–Kier alpha value is -0.580. The van der Waals surface area contributed by atoms with Gasteiger partial charge in [0.15, 0.2) is 0 Å². The van der Waals surface area contributed by atoms with Crippen LogP contribution < -0.4 is 0 Å². The predicted octanol–water partition coefficient (Wildman–Crippen LogP) is 4.81. The number of carbonyl (C=O) groups is 1. The molecule has 118 valence electrons. The highest BCUT2D eigenvalue weighted by Crippen LogP contribution is 2.61. The predicted molar refractivity (Wildman–Crippen MR) is 95.1 cm³/mol. The average Bonchev–Trinajstić information content (AvgIpc) is 2.86. The fourth-order valence-corrected chi connectivity index (χ4v) is 6.30. The SMILES string of the molecule is CC[C@]12CCC3c4cc(I)c(O)cc4CCC3C1CCC2=O. The molecule has 0 amide bonds. The molecule has 0 radical (unpaired) electrons. The lowest BCUT2D eigenvalue weighted by Gasteiger charge is -2.49. The molecule has 0 spiro atoms. The van der Waals surface area contributed by atoms with Crippen molar-refractivity contribution < 1.29 is 9.90 Å². The quantitative estimate of drug-likeness (QED) is 0.675. The van der Waals surface area contributed by atoms with Crippen LogP contribution in [0.25, 0.3) is 0 Å². The zero-order valence-corrected chi connectivity index (χ0v) is 15.2. The molecule has 3 aliphatic carbocycles. The van der Waals surface area contributed by atoms with Gasteiger partial charge in [-0.05, 0) is 102 Å².